The normalized spacial score (nSPS) is 17.4. The SMILES string of the molecule is Cc1ccccc1S(=O)(=O)N1CCC[C@@H](c2nnc(C(=O)Nc3ccc(Cl)cc3)s2)C1. The summed E-state index contributed by atoms with van der Waals surface area (Å²) in [6, 6.07) is 13.8. The molecule has 1 aliphatic heterocycles. The second-order valence-corrected chi connectivity index (χ2v) is 10.7. The molecule has 0 bridgehead atoms. The van der Waals surface area contributed by atoms with Gasteiger partial charge in [0.25, 0.3) is 5.91 Å². The average molecular weight is 477 g/mol. The van der Waals surface area contributed by atoms with E-state index in [0.29, 0.717) is 33.7 Å². The van der Waals surface area contributed by atoms with Crippen LogP contribution in [0.4, 0.5) is 5.69 Å². The number of anilines is 1. The van der Waals surface area contributed by atoms with Crippen molar-refractivity contribution in [2.75, 3.05) is 18.4 Å². The van der Waals surface area contributed by atoms with E-state index in [0.717, 1.165) is 18.4 Å². The van der Waals surface area contributed by atoms with Gasteiger partial charge in [0.15, 0.2) is 0 Å². The molecule has 0 spiro atoms. The van der Waals surface area contributed by atoms with E-state index in [4.69, 9.17) is 11.6 Å². The molecular formula is C21H21ClN4O3S2. The first-order valence-electron chi connectivity index (χ1n) is 9.80. The second kappa shape index (κ2) is 9.04. The third-order valence-electron chi connectivity index (χ3n) is 5.18. The van der Waals surface area contributed by atoms with Crippen molar-refractivity contribution in [3.63, 3.8) is 0 Å². The van der Waals surface area contributed by atoms with Crippen LogP contribution in [0.5, 0.6) is 0 Å². The third-order valence-corrected chi connectivity index (χ3v) is 8.54. The molecule has 31 heavy (non-hydrogen) atoms. The van der Waals surface area contributed by atoms with E-state index < -0.39 is 10.0 Å². The van der Waals surface area contributed by atoms with Crippen LogP contribution in [0.15, 0.2) is 53.4 Å². The van der Waals surface area contributed by atoms with Crippen molar-refractivity contribution in [2.45, 2.75) is 30.6 Å². The van der Waals surface area contributed by atoms with E-state index in [2.05, 4.69) is 15.5 Å². The molecule has 0 radical (unpaired) electrons. The lowest BCUT2D eigenvalue weighted by atomic mass is 10.0. The van der Waals surface area contributed by atoms with Gasteiger partial charge in [0.05, 0.1) is 4.90 Å². The van der Waals surface area contributed by atoms with Gasteiger partial charge >= 0.3 is 0 Å². The van der Waals surface area contributed by atoms with Crippen LogP contribution in [-0.2, 0) is 10.0 Å². The number of carbonyl (C=O) groups is 1. The van der Waals surface area contributed by atoms with Gasteiger partial charge in [-0.2, -0.15) is 4.31 Å². The number of hydrogen-bond acceptors (Lipinski definition) is 6. The summed E-state index contributed by atoms with van der Waals surface area (Å²) in [6.07, 6.45) is 1.52. The number of nitrogens with one attached hydrogen (secondary N) is 1. The molecule has 2 aromatic carbocycles. The van der Waals surface area contributed by atoms with Crippen LogP contribution in [0.25, 0.3) is 0 Å². The molecule has 0 unspecified atom stereocenters. The minimum Gasteiger partial charge on any atom is -0.320 e. The third kappa shape index (κ3) is 4.79. The average Bonchev–Trinajstić information content (AvgIpc) is 3.26. The van der Waals surface area contributed by atoms with E-state index in [9.17, 15) is 13.2 Å². The van der Waals surface area contributed by atoms with Gasteiger partial charge < -0.3 is 5.32 Å². The molecule has 4 rings (SSSR count). The smallest absolute Gasteiger partial charge is 0.286 e. The van der Waals surface area contributed by atoms with Gasteiger partial charge in [0, 0.05) is 29.7 Å². The highest BCUT2D eigenvalue weighted by molar-refractivity contribution is 7.89. The predicted molar refractivity (Wildman–Crippen MR) is 121 cm³/mol. The molecule has 162 valence electrons. The minimum atomic E-state index is -3.59. The molecule has 10 heteroatoms. The summed E-state index contributed by atoms with van der Waals surface area (Å²) in [5.41, 5.74) is 1.33. The monoisotopic (exact) mass is 476 g/mol. The Morgan fingerprint density at radius 2 is 1.90 bits per heavy atom. The molecule has 1 amide bonds. The highest BCUT2D eigenvalue weighted by atomic mass is 35.5. The lowest BCUT2D eigenvalue weighted by Crippen LogP contribution is -2.39. The topological polar surface area (TPSA) is 92.3 Å². The zero-order chi connectivity index (χ0) is 22.0. The van der Waals surface area contributed by atoms with Crippen molar-refractivity contribution in [2.24, 2.45) is 0 Å². The number of carbonyl (C=O) groups excluding carboxylic acids is 1. The predicted octanol–water partition coefficient (Wildman–Crippen LogP) is 4.32. The summed E-state index contributed by atoms with van der Waals surface area (Å²) in [5, 5.41) is 12.5. The van der Waals surface area contributed by atoms with Crippen molar-refractivity contribution in [3.8, 4) is 0 Å². The maximum absolute atomic E-state index is 13.1. The summed E-state index contributed by atoms with van der Waals surface area (Å²) in [4.78, 5) is 12.8. The zero-order valence-electron chi connectivity index (χ0n) is 16.8. The van der Waals surface area contributed by atoms with E-state index >= 15 is 0 Å². The number of halogens is 1. The number of aromatic nitrogens is 2. The van der Waals surface area contributed by atoms with Gasteiger partial charge in [0.1, 0.15) is 5.01 Å². The van der Waals surface area contributed by atoms with Crippen molar-refractivity contribution < 1.29 is 13.2 Å². The molecule has 1 saturated heterocycles. The van der Waals surface area contributed by atoms with Gasteiger partial charge in [-0.05, 0) is 55.7 Å². The molecule has 3 aromatic rings. The number of rotatable bonds is 5. The molecule has 0 aliphatic carbocycles. The van der Waals surface area contributed by atoms with Crippen LogP contribution in [-0.4, -0.2) is 41.9 Å². The Balaban J connectivity index is 1.48. The van der Waals surface area contributed by atoms with E-state index in [1.54, 1.807) is 49.4 Å². The number of benzene rings is 2. The molecule has 1 atom stereocenters. The number of amides is 1. The van der Waals surface area contributed by atoms with E-state index in [1.165, 1.54) is 15.6 Å². The number of sulfonamides is 1. The number of aryl methyl sites for hydroxylation is 1. The molecule has 1 aliphatic rings. The summed E-state index contributed by atoms with van der Waals surface area (Å²) >= 11 is 7.07. The van der Waals surface area contributed by atoms with Crippen molar-refractivity contribution in [1.29, 1.82) is 0 Å². The summed E-state index contributed by atoms with van der Waals surface area (Å²) in [7, 11) is -3.59. The van der Waals surface area contributed by atoms with Gasteiger partial charge in [-0.15, -0.1) is 10.2 Å². The zero-order valence-corrected chi connectivity index (χ0v) is 19.2. The molecule has 1 fully saturated rings. The fourth-order valence-electron chi connectivity index (χ4n) is 3.56. The Kier molecular flexibility index (Phi) is 6.38. The second-order valence-electron chi connectivity index (χ2n) is 7.37. The standard InChI is InChI=1S/C21H21ClN4O3S2/c1-14-5-2-3-7-18(14)31(28,29)26-12-4-6-15(13-26)20-24-25-21(30-20)19(27)23-17-10-8-16(22)9-11-17/h2-3,5,7-11,15H,4,6,12-13H2,1H3,(H,23,27)/t15-/m1/s1. The molecule has 1 aromatic heterocycles. The Labute approximate surface area is 190 Å². The van der Waals surface area contributed by atoms with E-state index in [-0.39, 0.29) is 16.8 Å². The van der Waals surface area contributed by atoms with Gasteiger partial charge in [0.2, 0.25) is 15.0 Å². The highest BCUT2D eigenvalue weighted by Crippen LogP contribution is 2.32. The molecular weight excluding hydrogens is 456 g/mol. The van der Waals surface area contributed by atoms with Crippen LogP contribution in [0.1, 0.15) is 39.1 Å². The maximum Gasteiger partial charge on any atom is 0.286 e. The van der Waals surface area contributed by atoms with Gasteiger partial charge in [-0.1, -0.05) is 41.1 Å². The Morgan fingerprint density at radius 1 is 1.16 bits per heavy atom. The number of piperidine rings is 1. The lowest BCUT2D eigenvalue weighted by molar-refractivity contribution is 0.102. The fraction of sp³-hybridized carbons (Fsp3) is 0.286. The van der Waals surface area contributed by atoms with Gasteiger partial charge in [-0.25, -0.2) is 8.42 Å². The summed E-state index contributed by atoms with van der Waals surface area (Å²) in [5.74, 6) is -0.451. The minimum absolute atomic E-state index is 0.0953. The molecule has 1 N–H and O–H groups in total. The number of hydrogen-bond donors (Lipinski definition) is 1. The molecule has 7 nitrogen and oxygen atoms in total. The van der Waals surface area contributed by atoms with Crippen molar-refractivity contribution >= 4 is 44.6 Å². The van der Waals surface area contributed by atoms with Crippen LogP contribution >= 0.6 is 22.9 Å². The lowest BCUT2D eigenvalue weighted by Gasteiger charge is -2.31. The van der Waals surface area contributed by atoms with Crippen LogP contribution in [0.3, 0.4) is 0 Å². The van der Waals surface area contributed by atoms with Crippen LogP contribution < -0.4 is 5.32 Å². The van der Waals surface area contributed by atoms with Crippen molar-refractivity contribution in [3.05, 3.63) is 69.1 Å². The Morgan fingerprint density at radius 3 is 2.65 bits per heavy atom. The van der Waals surface area contributed by atoms with E-state index in [1.807, 2.05) is 6.07 Å². The first kappa shape index (κ1) is 21.9. The molecule has 2 heterocycles. The fourth-order valence-corrected chi connectivity index (χ4v) is 6.30. The first-order valence-corrected chi connectivity index (χ1v) is 12.4. The first-order chi connectivity index (χ1) is 14.8. The summed E-state index contributed by atoms with van der Waals surface area (Å²) in [6.45, 7) is 2.59. The van der Waals surface area contributed by atoms with Gasteiger partial charge in [-0.3, -0.25) is 4.79 Å². The van der Waals surface area contributed by atoms with Crippen molar-refractivity contribution in [1.82, 2.24) is 14.5 Å². The highest BCUT2D eigenvalue weighted by Gasteiger charge is 2.33. The number of nitrogens with zero attached hydrogens (tertiary/aromatic N) is 3. The maximum atomic E-state index is 13.1. The van der Waals surface area contributed by atoms with Crippen LogP contribution in [0.2, 0.25) is 5.02 Å². The Bertz CT molecular complexity index is 1200. The summed E-state index contributed by atoms with van der Waals surface area (Å²) < 4.78 is 27.8. The Hall–Kier alpha value is -2.33. The largest absolute Gasteiger partial charge is 0.320 e. The molecule has 0 saturated carbocycles. The van der Waals surface area contributed by atoms with Crippen LogP contribution in [0, 0.1) is 6.92 Å². The quantitative estimate of drug-likeness (QED) is 0.592.